The minimum atomic E-state index is -0.107. The lowest BCUT2D eigenvalue weighted by Gasteiger charge is -2.13. The molecule has 0 unspecified atom stereocenters. The van der Waals surface area contributed by atoms with Crippen molar-refractivity contribution in [1.29, 1.82) is 0 Å². The minimum absolute atomic E-state index is 0.107. The van der Waals surface area contributed by atoms with Crippen LogP contribution < -0.4 is 10.1 Å². The molecule has 1 N–H and O–H groups in total. The van der Waals surface area contributed by atoms with E-state index >= 15 is 0 Å². The number of carbonyl (C=O) groups is 1. The molecule has 1 amide bonds. The number of rotatable bonds is 5. The highest BCUT2D eigenvalue weighted by atomic mass is 16.5. The molecule has 124 valence electrons. The first-order chi connectivity index (χ1) is 11.7. The molecule has 0 radical (unpaired) electrons. The smallest absolute Gasteiger partial charge is 0.251 e. The Morgan fingerprint density at radius 2 is 2.25 bits per heavy atom. The van der Waals surface area contributed by atoms with E-state index in [1.165, 1.54) is 5.56 Å². The van der Waals surface area contributed by atoms with E-state index in [0.717, 1.165) is 17.7 Å². The largest absolute Gasteiger partial charge is 0.439 e. The summed E-state index contributed by atoms with van der Waals surface area (Å²) >= 11 is 0. The van der Waals surface area contributed by atoms with Gasteiger partial charge >= 0.3 is 0 Å². The molecular weight excluding hydrogens is 304 g/mol. The highest BCUT2D eigenvalue weighted by Crippen LogP contribution is 2.22. The van der Waals surface area contributed by atoms with Gasteiger partial charge in [0.25, 0.3) is 5.91 Å². The third-order valence-electron chi connectivity index (χ3n) is 3.78. The van der Waals surface area contributed by atoms with Crippen molar-refractivity contribution in [1.82, 2.24) is 4.98 Å². The fraction of sp³-hybridized carbons (Fsp3) is 0.263. The number of anilines is 1. The van der Waals surface area contributed by atoms with Gasteiger partial charge < -0.3 is 14.8 Å². The summed E-state index contributed by atoms with van der Waals surface area (Å²) in [4.78, 5) is 16.4. The van der Waals surface area contributed by atoms with E-state index in [2.05, 4.69) is 23.3 Å². The van der Waals surface area contributed by atoms with Gasteiger partial charge in [-0.25, -0.2) is 4.98 Å². The first-order valence-corrected chi connectivity index (χ1v) is 8.05. The summed E-state index contributed by atoms with van der Waals surface area (Å²) in [5, 5.41) is 2.84. The lowest BCUT2D eigenvalue weighted by atomic mass is 10.1. The Morgan fingerprint density at radius 3 is 2.96 bits per heavy atom. The number of aryl methyl sites for hydroxylation is 1. The summed E-state index contributed by atoms with van der Waals surface area (Å²) in [7, 11) is 0. The van der Waals surface area contributed by atoms with E-state index in [-0.39, 0.29) is 5.91 Å². The van der Waals surface area contributed by atoms with Crippen LogP contribution in [0.25, 0.3) is 0 Å². The average Bonchev–Trinajstić information content (AvgIpc) is 2.64. The minimum Gasteiger partial charge on any atom is -0.439 e. The standard InChI is InChI=1S/C19H20N2O3/c1-2-14-4-3-5-17(12-14)24-18-7-6-16(13-20-18)21-19(22)15-8-10-23-11-9-15/h3-8,12-13H,2,9-11H2,1H3,(H,21,22). The third-order valence-corrected chi connectivity index (χ3v) is 3.78. The Balaban J connectivity index is 1.62. The van der Waals surface area contributed by atoms with Crippen molar-refractivity contribution in [3.8, 4) is 11.6 Å². The van der Waals surface area contributed by atoms with Crippen molar-refractivity contribution >= 4 is 11.6 Å². The molecule has 5 nitrogen and oxygen atoms in total. The van der Waals surface area contributed by atoms with Crippen molar-refractivity contribution in [2.45, 2.75) is 19.8 Å². The Hall–Kier alpha value is -2.66. The van der Waals surface area contributed by atoms with Gasteiger partial charge in [0, 0.05) is 18.1 Å². The SMILES string of the molecule is CCc1cccc(Oc2ccc(NC(=O)C3=CCOCC3)cn2)c1. The molecule has 3 rings (SSSR count). The molecule has 1 aliphatic heterocycles. The van der Waals surface area contributed by atoms with E-state index in [4.69, 9.17) is 9.47 Å². The maximum absolute atomic E-state index is 12.1. The van der Waals surface area contributed by atoms with Crippen LogP contribution in [0.4, 0.5) is 5.69 Å². The second-order valence-electron chi connectivity index (χ2n) is 5.50. The summed E-state index contributed by atoms with van der Waals surface area (Å²) in [5.41, 5.74) is 2.60. The number of pyridine rings is 1. The zero-order valence-corrected chi connectivity index (χ0v) is 13.6. The summed E-state index contributed by atoms with van der Waals surface area (Å²) < 4.78 is 10.9. The monoisotopic (exact) mass is 324 g/mol. The Morgan fingerprint density at radius 1 is 1.33 bits per heavy atom. The lowest BCUT2D eigenvalue weighted by Crippen LogP contribution is -2.19. The van der Waals surface area contributed by atoms with Crippen LogP contribution >= 0.6 is 0 Å². The summed E-state index contributed by atoms with van der Waals surface area (Å²) in [6, 6.07) is 11.4. The molecule has 0 atom stereocenters. The predicted molar refractivity (Wildman–Crippen MR) is 92.3 cm³/mol. The Kier molecular flexibility index (Phi) is 5.23. The van der Waals surface area contributed by atoms with E-state index in [9.17, 15) is 4.79 Å². The van der Waals surface area contributed by atoms with Crippen molar-refractivity contribution in [3.05, 3.63) is 59.8 Å². The van der Waals surface area contributed by atoms with Gasteiger partial charge in [-0.1, -0.05) is 25.1 Å². The van der Waals surface area contributed by atoms with Gasteiger partial charge in [-0.05, 0) is 30.2 Å². The van der Waals surface area contributed by atoms with Crippen molar-refractivity contribution in [2.24, 2.45) is 0 Å². The van der Waals surface area contributed by atoms with Crippen LogP contribution in [0.1, 0.15) is 18.9 Å². The molecule has 0 bridgehead atoms. The molecule has 1 aliphatic rings. The van der Waals surface area contributed by atoms with Crippen LogP contribution in [-0.2, 0) is 16.0 Å². The average molecular weight is 324 g/mol. The van der Waals surface area contributed by atoms with Crippen LogP contribution in [0.15, 0.2) is 54.2 Å². The zero-order valence-electron chi connectivity index (χ0n) is 13.6. The van der Waals surface area contributed by atoms with Crippen LogP contribution in [0.5, 0.6) is 11.6 Å². The van der Waals surface area contributed by atoms with Crippen molar-refractivity contribution in [2.75, 3.05) is 18.5 Å². The summed E-state index contributed by atoms with van der Waals surface area (Å²) in [5.74, 6) is 1.14. The molecule has 24 heavy (non-hydrogen) atoms. The van der Waals surface area contributed by atoms with Crippen LogP contribution in [-0.4, -0.2) is 24.1 Å². The highest BCUT2D eigenvalue weighted by molar-refractivity contribution is 6.03. The maximum atomic E-state index is 12.1. The van der Waals surface area contributed by atoms with Gasteiger partial charge in [0.15, 0.2) is 0 Å². The highest BCUT2D eigenvalue weighted by Gasteiger charge is 2.12. The topological polar surface area (TPSA) is 60.5 Å². The second-order valence-corrected chi connectivity index (χ2v) is 5.50. The van der Waals surface area contributed by atoms with E-state index in [1.54, 1.807) is 18.3 Å². The number of aromatic nitrogens is 1. The molecule has 0 saturated heterocycles. The van der Waals surface area contributed by atoms with Gasteiger partial charge in [0.1, 0.15) is 5.75 Å². The quantitative estimate of drug-likeness (QED) is 0.910. The number of hydrogen-bond donors (Lipinski definition) is 1. The number of ether oxygens (including phenoxy) is 2. The molecule has 0 spiro atoms. The zero-order chi connectivity index (χ0) is 16.8. The molecule has 1 aromatic heterocycles. The maximum Gasteiger partial charge on any atom is 0.251 e. The number of amides is 1. The van der Waals surface area contributed by atoms with E-state index < -0.39 is 0 Å². The molecule has 5 heteroatoms. The van der Waals surface area contributed by atoms with Crippen LogP contribution in [0.2, 0.25) is 0 Å². The van der Waals surface area contributed by atoms with Crippen LogP contribution in [0.3, 0.4) is 0 Å². The third kappa shape index (κ3) is 4.20. The van der Waals surface area contributed by atoms with Crippen molar-refractivity contribution in [3.63, 3.8) is 0 Å². The number of hydrogen-bond acceptors (Lipinski definition) is 4. The predicted octanol–water partition coefficient (Wildman–Crippen LogP) is 3.72. The molecule has 0 aliphatic carbocycles. The fourth-order valence-corrected chi connectivity index (χ4v) is 2.41. The van der Waals surface area contributed by atoms with Gasteiger partial charge in [0.2, 0.25) is 5.88 Å². The van der Waals surface area contributed by atoms with E-state index in [1.807, 2.05) is 24.3 Å². The lowest BCUT2D eigenvalue weighted by molar-refractivity contribution is -0.113. The summed E-state index contributed by atoms with van der Waals surface area (Å²) in [6.45, 7) is 3.18. The number of carbonyl (C=O) groups excluding carboxylic acids is 1. The van der Waals surface area contributed by atoms with Crippen LogP contribution in [0, 0.1) is 0 Å². The first-order valence-electron chi connectivity index (χ1n) is 8.05. The number of benzene rings is 1. The summed E-state index contributed by atoms with van der Waals surface area (Å²) in [6.07, 6.45) is 4.99. The fourth-order valence-electron chi connectivity index (χ4n) is 2.41. The molecular formula is C19H20N2O3. The van der Waals surface area contributed by atoms with Crippen molar-refractivity contribution < 1.29 is 14.3 Å². The Bertz CT molecular complexity index is 739. The number of nitrogens with zero attached hydrogens (tertiary/aromatic N) is 1. The number of nitrogens with one attached hydrogen (secondary N) is 1. The molecule has 2 heterocycles. The van der Waals surface area contributed by atoms with Gasteiger partial charge in [0.05, 0.1) is 25.1 Å². The van der Waals surface area contributed by atoms with Gasteiger partial charge in [-0.15, -0.1) is 0 Å². The molecule has 0 fully saturated rings. The van der Waals surface area contributed by atoms with Gasteiger partial charge in [-0.3, -0.25) is 4.79 Å². The molecule has 1 aromatic carbocycles. The Labute approximate surface area is 141 Å². The molecule has 0 saturated carbocycles. The second kappa shape index (κ2) is 7.75. The normalized spacial score (nSPS) is 14.0. The molecule has 2 aromatic rings. The van der Waals surface area contributed by atoms with Gasteiger partial charge in [-0.2, -0.15) is 0 Å². The first kappa shape index (κ1) is 16.2. The van der Waals surface area contributed by atoms with E-state index in [0.29, 0.717) is 31.2 Å².